The van der Waals surface area contributed by atoms with Gasteiger partial charge >= 0.3 is 0 Å². The number of carbonyl (C=O) groups excluding carboxylic acids is 1. The standard InChI is InChI=1S/C14H24N4OS/c1-14(2,11-20-3)13(19)17-7-4-5-12(9-17)10-18-8-6-15-16-18/h6,8,12H,4-5,7,9-11H2,1-3H3. The number of aromatic nitrogens is 3. The molecule has 1 amide bonds. The Morgan fingerprint density at radius 3 is 2.95 bits per heavy atom. The Hall–Kier alpha value is -1.04. The van der Waals surface area contributed by atoms with E-state index in [1.807, 2.05) is 29.6 Å². The molecule has 1 fully saturated rings. The van der Waals surface area contributed by atoms with Gasteiger partial charge in [0.15, 0.2) is 0 Å². The third kappa shape index (κ3) is 3.75. The molecule has 1 saturated heterocycles. The van der Waals surface area contributed by atoms with Crippen molar-refractivity contribution in [1.29, 1.82) is 0 Å². The smallest absolute Gasteiger partial charge is 0.229 e. The Kier molecular flexibility index (Phi) is 5.07. The number of likely N-dealkylation sites (tertiary alicyclic amines) is 1. The van der Waals surface area contributed by atoms with Gasteiger partial charge in [-0.05, 0) is 25.0 Å². The van der Waals surface area contributed by atoms with Gasteiger partial charge in [0.25, 0.3) is 0 Å². The molecule has 1 unspecified atom stereocenters. The molecule has 0 aromatic carbocycles. The number of piperidine rings is 1. The van der Waals surface area contributed by atoms with Crippen LogP contribution in [0.25, 0.3) is 0 Å². The Morgan fingerprint density at radius 2 is 2.30 bits per heavy atom. The highest BCUT2D eigenvalue weighted by molar-refractivity contribution is 7.98. The summed E-state index contributed by atoms with van der Waals surface area (Å²) in [6, 6.07) is 0. The van der Waals surface area contributed by atoms with E-state index in [1.165, 1.54) is 0 Å². The van der Waals surface area contributed by atoms with E-state index in [0.29, 0.717) is 5.92 Å². The quantitative estimate of drug-likeness (QED) is 0.833. The van der Waals surface area contributed by atoms with Crippen molar-refractivity contribution in [2.75, 3.05) is 25.1 Å². The maximum absolute atomic E-state index is 12.6. The van der Waals surface area contributed by atoms with Crippen LogP contribution in [0.4, 0.5) is 0 Å². The number of carbonyl (C=O) groups is 1. The van der Waals surface area contributed by atoms with E-state index in [1.54, 1.807) is 18.0 Å². The first-order valence-electron chi connectivity index (χ1n) is 7.15. The van der Waals surface area contributed by atoms with Crippen LogP contribution in [-0.4, -0.2) is 50.9 Å². The molecular weight excluding hydrogens is 272 g/mol. The van der Waals surface area contributed by atoms with Crippen molar-refractivity contribution in [3.8, 4) is 0 Å². The first kappa shape index (κ1) is 15.4. The molecule has 20 heavy (non-hydrogen) atoms. The van der Waals surface area contributed by atoms with Crippen LogP contribution >= 0.6 is 11.8 Å². The summed E-state index contributed by atoms with van der Waals surface area (Å²) in [6.45, 7) is 6.69. The second-order valence-corrected chi connectivity index (χ2v) is 7.07. The van der Waals surface area contributed by atoms with Crippen LogP contribution in [0, 0.1) is 11.3 Å². The van der Waals surface area contributed by atoms with Crippen LogP contribution in [0.5, 0.6) is 0 Å². The van der Waals surface area contributed by atoms with Gasteiger partial charge < -0.3 is 4.90 Å². The average Bonchev–Trinajstić information content (AvgIpc) is 2.91. The maximum Gasteiger partial charge on any atom is 0.229 e. The minimum absolute atomic E-state index is 0.269. The van der Waals surface area contributed by atoms with Gasteiger partial charge in [-0.15, -0.1) is 5.10 Å². The summed E-state index contributed by atoms with van der Waals surface area (Å²) < 4.78 is 1.87. The number of hydrogen-bond donors (Lipinski definition) is 0. The predicted molar refractivity (Wildman–Crippen MR) is 81.5 cm³/mol. The fraction of sp³-hybridized carbons (Fsp3) is 0.786. The Bertz CT molecular complexity index is 432. The highest BCUT2D eigenvalue weighted by Gasteiger charge is 2.34. The zero-order valence-corrected chi connectivity index (χ0v) is 13.4. The zero-order valence-electron chi connectivity index (χ0n) is 12.6. The number of thioether (sulfide) groups is 1. The predicted octanol–water partition coefficient (Wildman–Crippen LogP) is 1.91. The SMILES string of the molecule is CSCC(C)(C)C(=O)N1CCCC(Cn2ccnn2)C1. The molecule has 1 aliphatic heterocycles. The summed E-state index contributed by atoms with van der Waals surface area (Å²) in [5, 5.41) is 7.85. The largest absolute Gasteiger partial charge is 0.342 e. The summed E-state index contributed by atoms with van der Waals surface area (Å²) in [5.41, 5.74) is -0.269. The molecule has 0 aliphatic carbocycles. The summed E-state index contributed by atoms with van der Waals surface area (Å²) in [6.07, 6.45) is 7.89. The van der Waals surface area contributed by atoms with E-state index >= 15 is 0 Å². The van der Waals surface area contributed by atoms with Crippen molar-refractivity contribution >= 4 is 17.7 Å². The van der Waals surface area contributed by atoms with E-state index in [0.717, 1.165) is 38.2 Å². The topological polar surface area (TPSA) is 51.0 Å². The van der Waals surface area contributed by atoms with Gasteiger partial charge in [0.05, 0.1) is 11.6 Å². The second-order valence-electron chi connectivity index (χ2n) is 6.20. The molecule has 0 saturated carbocycles. The Labute approximate surface area is 125 Å². The lowest BCUT2D eigenvalue weighted by Gasteiger charge is -2.37. The molecule has 1 atom stereocenters. The molecule has 5 nitrogen and oxygen atoms in total. The number of hydrogen-bond acceptors (Lipinski definition) is 4. The third-order valence-electron chi connectivity index (χ3n) is 3.81. The molecule has 1 aromatic rings. The normalized spacial score (nSPS) is 20.1. The molecule has 1 aliphatic rings. The molecular formula is C14H24N4OS. The highest BCUT2D eigenvalue weighted by atomic mass is 32.2. The van der Waals surface area contributed by atoms with E-state index in [-0.39, 0.29) is 11.3 Å². The number of rotatable bonds is 5. The van der Waals surface area contributed by atoms with Crippen molar-refractivity contribution in [3.63, 3.8) is 0 Å². The van der Waals surface area contributed by atoms with Crippen molar-refractivity contribution in [3.05, 3.63) is 12.4 Å². The molecule has 0 N–H and O–H groups in total. The Morgan fingerprint density at radius 1 is 1.50 bits per heavy atom. The molecule has 6 heteroatoms. The number of nitrogens with zero attached hydrogens (tertiary/aromatic N) is 4. The summed E-state index contributed by atoms with van der Waals surface area (Å²) in [7, 11) is 0. The van der Waals surface area contributed by atoms with Crippen molar-refractivity contribution in [2.45, 2.75) is 33.2 Å². The summed E-state index contributed by atoms with van der Waals surface area (Å²) >= 11 is 1.74. The molecule has 0 bridgehead atoms. The van der Waals surface area contributed by atoms with Gasteiger partial charge in [-0.1, -0.05) is 19.1 Å². The zero-order chi connectivity index (χ0) is 14.6. The van der Waals surface area contributed by atoms with Crippen molar-refractivity contribution in [1.82, 2.24) is 19.9 Å². The molecule has 0 spiro atoms. The van der Waals surface area contributed by atoms with E-state index in [4.69, 9.17) is 0 Å². The third-order valence-corrected chi connectivity index (χ3v) is 4.82. The van der Waals surface area contributed by atoms with Crippen LogP contribution in [0.15, 0.2) is 12.4 Å². The lowest BCUT2D eigenvalue weighted by molar-refractivity contribution is -0.141. The average molecular weight is 296 g/mol. The monoisotopic (exact) mass is 296 g/mol. The maximum atomic E-state index is 12.6. The minimum Gasteiger partial charge on any atom is -0.342 e. The number of amides is 1. The lowest BCUT2D eigenvalue weighted by atomic mass is 9.91. The van der Waals surface area contributed by atoms with E-state index in [9.17, 15) is 4.79 Å². The molecule has 112 valence electrons. The van der Waals surface area contributed by atoms with Crippen LogP contribution in [0.1, 0.15) is 26.7 Å². The lowest BCUT2D eigenvalue weighted by Crippen LogP contribution is -2.47. The summed E-state index contributed by atoms with van der Waals surface area (Å²) in [5.74, 6) is 1.64. The van der Waals surface area contributed by atoms with Crippen LogP contribution in [0.3, 0.4) is 0 Å². The first-order valence-corrected chi connectivity index (χ1v) is 8.55. The molecule has 2 heterocycles. The van der Waals surface area contributed by atoms with E-state index in [2.05, 4.69) is 16.6 Å². The molecule has 0 radical (unpaired) electrons. The van der Waals surface area contributed by atoms with Crippen molar-refractivity contribution < 1.29 is 4.79 Å². The van der Waals surface area contributed by atoms with Crippen LogP contribution in [0.2, 0.25) is 0 Å². The van der Waals surface area contributed by atoms with Gasteiger partial charge in [0.1, 0.15) is 0 Å². The van der Waals surface area contributed by atoms with Crippen molar-refractivity contribution in [2.24, 2.45) is 11.3 Å². The van der Waals surface area contributed by atoms with Crippen LogP contribution < -0.4 is 0 Å². The van der Waals surface area contributed by atoms with Gasteiger partial charge in [-0.2, -0.15) is 11.8 Å². The minimum atomic E-state index is -0.269. The molecule has 2 rings (SSSR count). The summed E-state index contributed by atoms with van der Waals surface area (Å²) in [4.78, 5) is 14.7. The fourth-order valence-electron chi connectivity index (χ4n) is 2.84. The molecule has 1 aromatic heterocycles. The van der Waals surface area contributed by atoms with Gasteiger partial charge in [-0.25, -0.2) is 0 Å². The van der Waals surface area contributed by atoms with Crippen LogP contribution in [-0.2, 0) is 11.3 Å². The highest BCUT2D eigenvalue weighted by Crippen LogP contribution is 2.27. The second kappa shape index (κ2) is 6.61. The van der Waals surface area contributed by atoms with E-state index < -0.39 is 0 Å². The first-order chi connectivity index (χ1) is 9.53. The Balaban J connectivity index is 1.94. The van der Waals surface area contributed by atoms with Gasteiger partial charge in [0, 0.05) is 31.6 Å². The van der Waals surface area contributed by atoms with Gasteiger partial charge in [0.2, 0.25) is 5.91 Å². The fourth-order valence-corrected chi connectivity index (χ4v) is 3.69. The van der Waals surface area contributed by atoms with Gasteiger partial charge in [-0.3, -0.25) is 9.48 Å².